The molecule has 0 spiro atoms. The number of anilines is 1. The monoisotopic (exact) mass is 305 g/mol. The molecule has 1 aromatic carbocycles. The lowest BCUT2D eigenvalue weighted by molar-refractivity contribution is 0.305. The first-order valence-corrected chi connectivity index (χ1v) is 7.72. The molecule has 0 aliphatic carbocycles. The molecule has 0 amide bonds. The van der Waals surface area contributed by atoms with Crippen molar-refractivity contribution in [1.82, 2.24) is 9.78 Å². The standard InChI is InChI=1S/C14H15N3O3S/c1-17-14(8-9-15-17)21(19,20)16-13-7-4-6-12(11-13)5-2-3-10-18/h4,6-9,11,16,18H,3,10H2,1H3. The van der Waals surface area contributed by atoms with Gasteiger partial charge in [0.1, 0.15) is 0 Å². The second-order valence-corrected chi connectivity index (χ2v) is 5.88. The molecule has 0 saturated heterocycles. The van der Waals surface area contributed by atoms with Gasteiger partial charge in [0, 0.05) is 19.0 Å². The molecule has 1 heterocycles. The van der Waals surface area contributed by atoms with Crippen LogP contribution in [0.25, 0.3) is 0 Å². The van der Waals surface area contributed by atoms with Crippen LogP contribution in [-0.2, 0) is 17.1 Å². The van der Waals surface area contributed by atoms with Crippen LogP contribution in [0, 0.1) is 11.8 Å². The van der Waals surface area contributed by atoms with Crippen molar-refractivity contribution in [2.24, 2.45) is 7.05 Å². The third-order valence-corrected chi connectivity index (χ3v) is 4.09. The second-order valence-electron chi connectivity index (χ2n) is 4.25. The molecule has 7 heteroatoms. The fourth-order valence-electron chi connectivity index (χ4n) is 1.71. The summed E-state index contributed by atoms with van der Waals surface area (Å²) in [5, 5.41) is 12.6. The van der Waals surface area contributed by atoms with Gasteiger partial charge in [-0.05, 0) is 24.3 Å². The second kappa shape index (κ2) is 6.43. The minimum atomic E-state index is -3.68. The van der Waals surface area contributed by atoms with Gasteiger partial charge in [0.2, 0.25) is 0 Å². The van der Waals surface area contributed by atoms with Crippen molar-refractivity contribution in [3.8, 4) is 11.8 Å². The van der Waals surface area contributed by atoms with E-state index in [1.165, 1.54) is 16.9 Å². The highest BCUT2D eigenvalue weighted by molar-refractivity contribution is 7.92. The molecule has 0 bridgehead atoms. The summed E-state index contributed by atoms with van der Waals surface area (Å²) in [6.45, 7) is -0.000189. The number of aromatic nitrogens is 2. The molecule has 0 aliphatic rings. The van der Waals surface area contributed by atoms with Gasteiger partial charge in [0.15, 0.2) is 5.03 Å². The summed E-state index contributed by atoms with van der Waals surface area (Å²) in [5.74, 6) is 5.64. The zero-order valence-corrected chi connectivity index (χ0v) is 12.3. The Morgan fingerprint density at radius 1 is 1.38 bits per heavy atom. The summed E-state index contributed by atoms with van der Waals surface area (Å²) in [7, 11) is -2.12. The van der Waals surface area contributed by atoms with E-state index >= 15 is 0 Å². The van der Waals surface area contributed by atoms with Crippen molar-refractivity contribution in [2.75, 3.05) is 11.3 Å². The van der Waals surface area contributed by atoms with Gasteiger partial charge >= 0.3 is 0 Å². The zero-order valence-electron chi connectivity index (χ0n) is 11.4. The van der Waals surface area contributed by atoms with Gasteiger partial charge in [0.05, 0.1) is 18.5 Å². The Balaban J connectivity index is 2.23. The van der Waals surface area contributed by atoms with Crippen LogP contribution < -0.4 is 4.72 Å². The largest absolute Gasteiger partial charge is 0.395 e. The van der Waals surface area contributed by atoms with Crippen LogP contribution in [0.2, 0.25) is 0 Å². The smallest absolute Gasteiger partial charge is 0.279 e. The van der Waals surface area contributed by atoms with E-state index in [1.807, 2.05) is 0 Å². The number of aliphatic hydroxyl groups is 1. The third-order valence-electron chi connectivity index (χ3n) is 2.64. The molecule has 2 N–H and O–H groups in total. The Labute approximate surface area is 123 Å². The number of aliphatic hydroxyl groups excluding tert-OH is 1. The summed E-state index contributed by atoms with van der Waals surface area (Å²) in [4.78, 5) is 0. The summed E-state index contributed by atoms with van der Waals surface area (Å²) in [6.07, 6.45) is 1.80. The first-order chi connectivity index (χ1) is 10.0. The van der Waals surface area contributed by atoms with Crippen molar-refractivity contribution in [3.05, 3.63) is 42.1 Å². The van der Waals surface area contributed by atoms with Crippen LogP contribution in [0.3, 0.4) is 0 Å². The number of benzene rings is 1. The maximum atomic E-state index is 12.2. The Kier molecular flexibility index (Phi) is 4.62. The van der Waals surface area contributed by atoms with Gasteiger partial charge in [0.25, 0.3) is 10.0 Å². The first-order valence-electron chi connectivity index (χ1n) is 6.23. The molecule has 2 rings (SSSR count). The molecule has 0 fully saturated rings. The molecule has 6 nitrogen and oxygen atoms in total. The Morgan fingerprint density at radius 3 is 2.86 bits per heavy atom. The highest BCUT2D eigenvalue weighted by atomic mass is 32.2. The molecule has 1 aromatic heterocycles. The van der Waals surface area contributed by atoms with E-state index in [0.717, 1.165) is 0 Å². The summed E-state index contributed by atoms with van der Waals surface area (Å²) < 4.78 is 28.2. The number of hydrogen-bond acceptors (Lipinski definition) is 4. The summed E-state index contributed by atoms with van der Waals surface area (Å²) in [5.41, 5.74) is 1.10. The van der Waals surface area contributed by atoms with Crippen molar-refractivity contribution in [2.45, 2.75) is 11.4 Å². The van der Waals surface area contributed by atoms with E-state index in [1.54, 1.807) is 31.3 Å². The number of aryl methyl sites for hydroxylation is 1. The maximum Gasteiger partial charge on any atom is 0.279 e. The lowest BCUT2D eigenvalue weighted by Crippen LogP contribution is -2.16. The highest BCUT2D eigenvalue weighted by Gasteiger charge is 2.17. The average molecular weight is 305 g/mol. The van der Waals surface area contributed by atoms with Crippen LogP contribution in [0.5, 0.6) is 0 Å². The molecule has 0 radical (unpaired) electrons. The Bertz CT molecular complexity index is 785. The van der Waals surface area contributed by atoms with E-state index < -0.39 is 10.0 Å². The molecular formula is C14H15N3O3S. The number of sulfonamides is 1. The van der Waals surface area contributed by atoms with Gasteiger partial charge < -0.3 is 5.11 Å². The summed E-state index contributed by atoms with van der Waals surface area (Å²) in [6, 6.07) is 8.19. The van der Waals surface area contributed by atoms with Gasteiger partial charge in [-0.1, -0.05) is 17.9 Å². The normalized spacial score (nSPS) is 10.8. The highest BCUT2D eigenvalue weighted by Crippen LogP contribution is 2.16. The lowest BCUT2D eigenvalue weighted by atomic mass is 10.2. The van der Waals surface area contributed by atoms with E-state index in [9.17, 15) is 8.42 Å². The van der Waals surface area contributed by atoms with Gasteiger partial charge in [-0.3, -0.25) is 9.40 Å². The van der Waals surface area contributed by atoms with Crippen molar-refractivity contribution >= 4 is 15.7 Å². The molecule has 21 heavy (non-hydrogen) atoms. The molecule has 0 atom stereocenters. The Hall–Kier alpha value is -2.30. The van der Waals surface area contributed by atoms with E-state index in [4.69, 9.17) is 5.11 Å². The lowest BCUT2D eigenvalue weighted by Gasteiger charge is -2.08. The summed E-state index contributed by atoms with van der Waals surface area (Å²) >= 11 is 0. The predicted molar refractivity (Wildman–Crippen MR) is 79.0 cm³/mol. The SMILES string of the molecule is Cn1nccc1S(=O)(=O)Nc1cccc(C#CCCO)c1. The topological polar surface area (TPSA) is 84.2 Å². The van der Waals surface area contributed by atoms with Crippen LogP contribution in [-0.4, -0.2) is 29.9 Å². The van der Waals surface area contributed by atoms with Crippen molar-refractivity contribution in [3.63, 3.8) is 0 Å². The van der Waals surface area contributed by atoms with E-state index in [2.05, 4.69) is 21.7 Å². The van der Waals surface area contributed by atoms with Gasteiger partial charge in [-0.15, -0.1) is 0 Å². The van der Waals surface area contributed by atoms with Crippen molar-refractivity contribution in [1.29, 1.82) is 0 Å². The van der Waals surface area contributed by atoms with Crippen LogP contribution in [0.4, 0.5) is 5.69 Å². The quantitative estimate of drug-likeness (QED) is 0.824. The molecule has 0 unspecified atom stereocenters. The Morgan fingerprint density at radius 2 is 2.19 bits per heavy atom. The van der Waals surface area contributed by atoms with Crippen LogP contribution >= 0.6 is 0 Å². The number of rotatable bonds is 4. The minimum Gasteiger partial charge on any atom is -0.395 e. The van der Waals surface area contributed by atoms with Crippen LogP contribution in [0.1, 0.15) is 12.0 Å². The molecule has 110 valence electrons. The molecule has 0 saturated carbocycles. The van der Waals surface area contributed by atoms with Crippen molar-refractivity contribution < 1.29 is 13.5 Å². The molecule has 0 aliphatic heterocycles. The number of hydrogen-bond donors (Lipinski definition) is 2. The van der Waals surface area contributed by atoms with Gasteiger partial charge in [-0.25, -0.2) is 0 Å². The maximum absolute atomic E-state index is 12.2. The molecular weight excluding hydrogens is 290 g/mol. The van der Waals surface area contributed by atoms with Gasteiger partial charge in [-0.2, -0.15) is 13.5 Å². The minimum absolute atomic E-state index is 0.000189. The average Bonchev–Trinajstić information content (AvgIpc) is 2.86. The first kappa shape index (κ1) is 15.1. The van der Waals surface area contributed by atoms with E-state index in [-0.39, 0.29) is 11.6 Å². The van der Waals surface area contributed by atoms with E-state index in [0.29, 0.717) is 17.7 Å². The fourth-order valence-corrected chi connectivity index (χ4v) is 2.89. The third kappa shape index (κ3) is 3.84. The molecule has 2 aromatic rings. The number of nitrogens with one attached hydrogen (secondary N) is 1. The predicted octanol–water partition coefficient (Wildman–Crippen LogP) is 0.955. The fraction of sp³-hybridized carbons (Fsp3) is 0.214. The van der Waals surface area contributed by atoms with Crippen LogP contribution in [0.15, 0.2) is 41.6 Å². The number of nitrogens with zero attached hydrogens (tertiary/aromatic N) is 2. The zero-order chi connectivity index (χ0) is 15.3.